The number of esters is 1. The Balaban J connectivity index is 1.71. The number of nitrogens with zero attached hydrogens (tertiary/aromatic N) is 2. The molecule has 3 aromatic rings. The molecule has 0 spiro atoms. The van der Waals surface area contributed by atoms with Gasteiger partial charge in [0.05, 0.1) is 25.0 Å². The van der Waals surface area contributed by atoms with Gasteiger partial charge in [-0.2, -0.15) is 0 Å². The Bertz CT molecular complexity index is 1180. The van der Waals surface area contributed by atoms with Crippen LogP contribution in [-0.4, -0.2) is 31.4 Å². The third-order valence-corrected chi connectivity index (χ3v) is 4.93. The minimum Gasteiger partial charge on any atom is -0.494 e. The smallest absolute Gasteiger partial charge is 0.337 e. The van der Waals surface area contributed by atoms with Gasteiger partial charge in [-0.25, -0.2) is 9.79 Å². The van der Waals surface area contributed by atoms with E-state index in [9.17, 15) is 9.59 Å². The summed E-state index contributed by atoms with van der Waals surface area (Å²) < 4.78 is 10.2. The zero-order valence-electron chi connectivity index (χ0n) is 17.8. The number of methoxy groups -OCH3 is 1. The van der Waals surface area contributed by atoms with E-state index < -0.39 is 5.97 Å². The number of carbonyl (C=O) groups is 2. The molecule has 0 bridgehead atoms. The molecular formula is C26H22N2O4. The lowest BCUT2D eigenvalue weighted by molar-refractivity contribution is -0.113. The van der Waals surface area contributed by atoms with Crippen LogP contribution < -0.4 is 9.64 Å². The Morgan fingerprint density at radius 1 is 0.969 bits per heavy atom. The molecule has 160 valence electrons. The Morgan fingerprint density at radius 3 is 2.28 bits per heavy atom. The summed E-state index contributed by atoms with van der Waals surface area (Å²) in [6.45, 7) is 2.49. The molecule has 1 amide bonds. The van der Waals surface area contributed by atoms with Crippen LogP contribution in [0.5, 0.6) is 5.75 Å². The number of anilines is 1. The Hall–Kier alpha value is -4.19. The first-order valence-corrected chi connectivity index (χ1v) is 10.2. The minimum atomic E-state index is -0.410. The van der Waals surface area contributed by atoms with Crippen LogP contribution in [0.25, 0.3) is 6.08 Å². The number of hydrogen-bond donors (Lipinski definition) is 0. The first-order chi connectivity index (χ1) is 15.6. The van der Waals surface area contributed by atoms with Crippen molar-refractivity contribution in [2.75, 3.05) is 18.6 Å². The van der Waals surface area contributed by atoms with Gasteiger partial charge in [0.25, 0.3) is 5.91 Å². The maximum Gasteiger partial charge on any atom is 0.337 e. The highest BCUT2D eigenvalue weighted by molar-refractivity contribution is 6.33. The second kappa shape index (κ2) is 9.31. The zero-order valence-corrected chi connectivity index (χ0v) is 17.8. The van der Waals surface area contributed by atoms with Crippen molar-refractivity contribution >= 4 is 29.5 Å². The maximum absolute atomic E-state index is 13.4. The summed E-state index contributed by atoms with van der Waals surface area (Å²) in [5, 5.41) is 0. The molecule has 3 aromatic carbocycles. The molecular weight excluding hydrogens is 404 g/mol. The van der Waals surface area contributed by atoms with Gasteiger partial charge in [-0.15, -0.1) is 0 Å². The average Bonchev–Trinajstić information content (AvgIpc) is 3.16. The van der Waals surface area contributed by atoms with Gasteiger partial charge in [0, 0.05) is 5.56 Å². The van der Waals surface area contributed by atoms with Gasteiger partial charge in [-0.05, 0) is 55.0 Å². The van der Waals surface area contributed by atoms with Crippen molar-refractivity contribution in [1.82, 2.24) is 0 Å². The van der Waals surface area contributed by atoms with E-state index in [2.05, 4.69) is 4.99 Å². The summed E-state index contributed by atoms with van der Waals surface area (Å²) in [5.74, 6) is 0.650. The van der Waals surface area contributed by atoms with Gasteiger partial charge in [-0.3, -0.25) is 9.69 Å². The number of hydrogen-bond acceptors (Lipinski definition) is 5. The molecule has 0 unspecified atom stereocenters. The summed E-state index contributed by atoms with van der Waals surface area (Å²) in [5.41, 5.74) is 3.04. The largest absolute Gasteiger partial charge is 0.494 e. The number of rotatable bonds is 6. The Labute approximate surface area is 186 Å². The molecule has 4 rings (SSSR count). The molecule has 1 heterocycles. The highest BCUT2D eigenvalue weighted by Crippen LogP contribution is 2.29. The number of benzene rings is 3. The zero-order chi connectivity index (χ0) is 22.5. The highest BCUT2D eigenvalue weighted by Gasteiger charge is 2.32. The molecule has 0 saturated heterocycles. The van der Waals surface area contributed by atoms with Crippen LogP contribution in [0.4, 0.5) is 5.69 Å². The molecule has 0 atom stereocenters. The topological polar surface area (TPSA) is 68.2 Å². The SMILES string of the molecule is CCOc1ccc(N2C(=O)/C(=C\c3ccc(C(=O)OC)cc3)N=C2c2ccccc2)cc1. The van der Waals surface area contributed by atoms with Crippen molar-refractivity contribution in [2.24, 2.45) is 4.99 Å². The predicted octanol–water partition coefficient (Wildman–Crippen LogP) is 4.71. The lowest BCUT2D eigenvalue weighted by Gasteiger charge is -2.19. The minimum absolute atomic E-state index is 0.231. The normalized spacial score (nSPS) is 14.4. The van der Waals surface area contributed by atoms with E-state index >= 15 is 0 Å². The summed E-state index contributed by atoms with van der Waals surface area (Å²) in [6.07, 6.45) is 1.71. The molecule has 1 aliphatic heterocycles. The van der Waals surface area contributed by atoms with Gasteiger partial charge >= 0.3 is 5.97 Å². The standard InChI is InChI=1S/C26H22N2O4/c1-3-32-22-15-13-21(14-16-22)28-24(19-7-5-4-6-8-19)27-23(25(28)29)17-18-9-11-20(12-10-18)26(30)31-2/h4-17H,3H2,1-2H3/b23-17+. The van der Waals surface area contributed by atoms with Crippen molar-refractivity contribution in [1.29, 1.82) is 0 Å². The van der Waals surface area contributed by atoms with Gasteiger partial charge in [-0.1, -0.05) is 42.5 Å². The van der Waals surface area contributed by atoms with Crippen molar-refractivity contribution in [2.45, 2.75) is 6.92 Å². The van der Waals surface area contributed by atoms with Gasteiger partial charge in [0.15, 0.2) is 0 Å². The van der Waals surface area contributed by atoms with Crippen molar-refractivity contribution in [3.8, 4) is 5.75 Å². The van der Waals surface area contributed by atoms with Crippen molar-refractivity contribution in [3.63, 3.8) is 0 Å². The molecule has 32 heavy (non-hydrogen) atoms. The molecule has 6 nitrogen and oxygen atoms in total. The molecule has 0 saturated carbocycles. The van der Waals surface area contributed by atoms with Crippen LogP contribution in [0.1, 0.15) is 28.4 Å². The van der Waals surface area contributed by atoms with E-state index in [1.165, 1.54) is 7.11 Å². The van der Waals surface area contributed by atoms with Gasteiger partial charge < -0.3 is 9.47 Å². The Kier molecular flexibility index (Phi) is 6.12. The molecule has 0 radical (unpaired) electrons. The van der Waals surface area contributed by atoms with Gasteiger partial charge in [0.1, 0.15) is 17.3 Å². The van der Waals surface area contributed by atoms with Crippen LogP contribution in [0, 0.1) is 0 Å². The fourth-order valence-electron chi connectivity index (χ4n) is 3.39. The average molecular weight is 426 g/mol. The molecule has 0 aromatic heterocycles. The second-order valence-corrected chi connectivity index (χ2v) is 7.01. The van der Waals surface area contributed by atoms with Gasteiger partial charge in [0.2, 0.25) is 0 Å². The molecule has 0 fully saturated rings. The number of aliphatic imine (C=N–C) groups is 1. The third kappa shape index (κ3) is 4.30. The second-order valence-electron chi connectivity index (χ2n) is 7.01. The van der Waals surface area contributed by atoms with E-state index in [0.717, 1.165) is 16.9 Å². The lowest BCUT2D eigenvalue weighted by atomic mass is 10.1. The van der Waals surface area contributed by atoms with E-state index in [-0.39, 0.29) is 5.91 Å². The molecule has 0 aliphatic carbocycles. The molecule has 6 heteroatoms. The maximum atomic E-state index is 13.4. The van der Waals surface area contributed by atoms with Crippen LogP contribution in [0.2, 0.25) is 0 Å². The summed E-state index contributed by atoms with van der Waals surface area (Å²) in [6, 6.07) is 23.7. The number of amides is 1. The summed E-state index contributed by atoms with van der Waals surface area (Å²) in [7, 11) is 1.34. The highest BCUT2D eigenvalue weighted by atomic mass is 16.5. The van der Waals surface area contributed by atoms with E-state index in [4.69, 9.17) is 9.47 Å². The Morgan fingerprint density at radius 2 is 1.66 bits per heavy atom. The quantitative estimate of drug-likeness (QED) is 0.423. The first kappa shape index (κ1) is 21.1. The fraction of sp³-hybridized carbons (Fsp3) is 0.115. The number of ether oxygens (including phenoxy) is 2. The lowest BCUT2D eigenvalue weighted by Crippen LogP contribution is -2.32. The van der Waals surface area contributed by atoms with Crippen LogP contribution in [0.3, 0.4) is 0 Å². The number of amidine groups is 1. The third-order valence-electron chi connectivity index (χ3n) is 4.93. The predicted molar refractivity (Wildman–Crippen MR) is 124 cm³/mol. The van der Waals surface area contributed by atoms with Crippen LogP contribution in [0.15, 0.2) is 89.6 Å². The van der Waals surface area contributed by atoms with Crippen molar-refractivity contribution < 1.29 is 19.1 Å². The van der Waals surface area contributed by atoms with Crippen LogP contribution in [-0.2, 0) is 9.53 Å². The monoisotopic (exact) mass is 426 g/mol. The number of carbonyl (C=O) groups excluding carboxylic acids is 2. The van der Waals surface area contributed by atoms with E-state index in [1.807, 2.05) is 61.5 Å². The first-order valence-electron chi connectivity index (χ1n) is 10.2. The van der Waals surface area contributed by atoms with Crippen LogP contribution >= 0.6 is 0 Å². The summed E-state index contributed by atoms with van der Waals surface area (Å²) in [4.78, 5) is 31.3. The van der Waals surface area contributed by atoms with E-state index in [1.54, 1.807) is 35.2 Å². The molecule has 0 N–H and O–H groups in total. The van der Waals surface area contributed by atoms with E-state index in [0.29, 0.717) is 29.4 Å². The fourth-order valence-corrected chi connectivity index (χ4v) is 3.39. The van der Waals surface area contributed by atoms with Crippen molar-refractivity contribution in [3.05, 3.63) is 101 Å². The molecule has 1 aliphatic rings. The summed E-state index contributed by atoms with van der Waals surface area (Å²) >= 11 is 0.